The van der Waals surface area contributed by atoms with Crippen molar-refractivity contribution in [3.05, 3.63) is 41.0 Å². The number of hydrogen-bond acceptors (Lipinski definition) is 5. The van der Waals surface area contributed by atoms with Crippen LogP contribution in [-0.2, 0) is 6.18 Å². The average molecular weight is 433 g/mol. The van der Waals surface area contributed by atoms with Crippen molar-refractivity contribution < 1.29 is 27.4 Å². The van der Waals surface area contributed by atoms with Gasteiger partial charge in [0, 0.05) is 30.9 Å². The van der Waals surface area contributed by atoms with Crippen molar-refractivity contribution >= 4 is 23.2 Å². The highest BCUT2D eigenvalue weighted by Crippen LogP contribution is 2.33. The number of ether oxygens (including phenoxy) is 3. The third kappa shape index (κ3) is 6.60. The molecule has 3 N–H and O–H groups in total. The maximum absolute atomic E-state index is 12.6. The van der Waals surface area contributed by atoms with Crippen molar-refractivity contribution in [3.63, 3.8) is 0 Å². The Kier molecular flexibility index (Phi) is 7.77. The van der Waals surface area contributed by atoms with Crippen molar-refractivity contribution in [3.8, 4) is 17.4 Å². The van der Waals surface area contributed by atoms with E-state index >= 15 is 0 Å². The Hall–Kier alpha value is -2.88. The number of nitrogens with one attached hydrogen (secondary N) is 1. The standard InChI is InChI=1S/C18H20ClF3N4O3/c1-27-14-5-4-12(9-15(14)28-2)26-17(23)24-6-3-7-29-16-13(19)8-11(10-25-16)18(20,21)22/h4-5,8-10H,3,6-7H2,1-2H3,(H3,23,24,26). The predicted octanol–water partition coefficient (Wildman–Crippen LogP) is 3.97. The molecule has 2 rings (SSSR count). The van der Waals surface area contributed by atoms with E-state index in [0.29, 0.717) is 36.3 Å². The first-order chi connectivity index (χ1) is 13.7. The lowest BCUT2D eigenvalue weighted by Crippen LogP contribution is -2.23. The Balaban J connectivity index is 1.81. The van der Waals surface area contributed by atoms with Crippen molar-refractivity contribution in [2.45, 2.75) is 12.6 Å². The summed E-state index contributed by atoms with van der Waals surface area (Å²) in [5, 5.41) is 2.71. The molecule has 0 unspecified atom stereocenters. The van der Waals surface area contributed by atoms with E-state index in [9.17, 15) is 13.2 Å². The van der Waals surface area contributed by atoms with Crippen LogP contribution >= 0.6 is 11.6 Å². The molecule has 7 nitrogen and oxygen atoms in total. The molecule has 2 aromatic rings. The second kappa shape index (κ2) is 10.1. The minimum Gasteiger partial charge on any atom is -0.493 e. The number of pyridine rings is 1. The fourth-order valence-electron chi connectivity index (χ4n) is 2.22. The zero-order chi connectivity index (χ0) is 21.4. The monoisotopic (exact) mass is 432 g/mol. The van der Waals surface area contributed by atoms with Crippen LogP contribution in [0.3, 0.4) is 0 Å². The van der Waals surface area contributed by atoms with Crippen LogP contribution in [0.1, 0.15) is 12.0 Å². The highest BCUT2D eigenvalue weighted by atomic mass is 35.5. The number of nitrogens with two attached hydrogens (primary N) is 1. The molecule has 0 atom stereocenters. The molecular formula is C18H20ClF3N4O3. The predicted molar refractivity (Wildman–Crippen MR) is 104 cm³/mol. The highest BCUT2D eigenvalue weighted by molar-refractivity contribution is 6.31. The largest absolute Gasteiger partial charge is 0.493 e. The molecule has 0 aliphatic carbocycles. The zero-order valence-corrected chi connectivity index (χ0v) is 16.5. The summed E-state index contributed by atoms with van der Waals surface area (Å²) in [5.41, 5.74) is 5.56. The first-order valence-electron chi connectivity index (χ1n) is 8.39. The number of anilines is 1. The number of halogens is 4. The van der Waals surface area contributed by atoms with Gasteiger partial charge in [0.15, 0.2) is 17.5 Å². The van der Waals surface area contributed by atoms with Gasteiger partial charge >= 0.3 is 6.18 Å². The molecule has 0 radical (unpaired) electrons. The van der Waals surface area contributed by atoms with Gasteiger partial charge in [0.25, 0.3) is 0 Å². The third-order valence-electron chi connectivity index (χ3n) is 3.61. The van der Waals surface area contributed by atoms with Crippen molar-refractivity contribution in [2.75, 3.05) is 32.7 Å². The highest BCUT2D eigenvalue weighted by Gasteiger charge is 2.31. The number of methoxy groups -OCH3 is 2. The summed E-state index contributed by atoms with van der Waals surface area (Å²) in [4.78, 5) is 7.74. The van der Waals surface area contributed by atoms with Crippen molar-refractivity contribution in [2.24, 2.45) is 10.7 Å². The van der Waals surface area contributed by atoms with Crippen molar-refractivity contribution in [1.82, 2.24) is 4.98 Å². The number of aliphatic imine (C=N–C) groups is 1. The quantitative estimate of drug-likeness (QED) is 0.372. The Morgan fingerprint density at radius 3 is 2.55 bits per heavy atom. The van der Waals surface area contributed by atoms with Crippen LogP contribution in [0.15, 0.2) is 35.5 Å². The zero-order valence-electron chi connectivity index (χ0n) is 15.7. The minimum absolute atomic E-state index is 0.0694. The molecule has 0 spiro atoms. The summed E-state index contributed by atoms with van der Waals surface area (Å²) in [6.45, 7) is 0.482. The van der Waals surface area contributed by atoms with Crippen LogP contribution in [0.5, 0.6) is 17.4 Å². The van der Waals surface area contributed by atoms with Gasteiger partial charge in [-0.25, -0.2) is 4.98 Å². The van der Waals surface area contributed by atoms with Gasteiger partial charge in [-0.1, -0.05) is 11.6 Å². The maximum Gasteiger partial charge on any atom is 0.417 e. The lowest BCUT2D eigenvalue weighted by atomic mass is 10.3. The van der Waals surface area contributed by atoms with Crippen LogP contribution in [-0.4, -0.2) is 38.3 Å². The summed E-state index contributed by atoms with van der Waals surface area (Å²) < 4.78 is 53.4. The second-order valence-electron chi connectivity index (χ2n) is 5.67. The number of guanidine groups is 1. The number of alkyl halides is 3. The van der Waals surface area contributed by atoms with Crippen molar-refractivity contribution in [1.29, 1.82) is 0 Å². The Labute approximate surface area is 170 Å². The number of hydrogen-bond donors (Lipinski definition) is 2. The van der Waals surface area contributed by atoms with Gasteiger partial charge in [0.1, 0.15) is 5.02 Å². The van der Waals surface area contributed by atoms with E-state index in [1.165, 1.54) is 14.2 Å². The lowest BCUT2D eigenvalue weighted by molar-refractivity contribution is -0.137. The van der Waals surface area contributed by atoms with E-state index in [0.717, 1.165) is 6.07 Å². The topological polar surface area (TPSA) is 91.0 Å². The normalized spacial score (nSPS) is 11.9. The molecule has 0 saturated heterocycles. The molecule has 0 bridgehead atoms. The SMILES string of the molecule is COc1ccc(NC(N)=NCCCOc2ncc(C(F)(F)F)cc2Cl)cc1OC. The Morgan fingerprint density at radius 2 is 1.93 bits per heavy atom. The van der Waals surface area contributed by atoms with Gasteiger partial charge in [-0.05, 0) is 18.2 Å². The summed E-state index contributed by atoms with van der Waals surface area (Å²) in [6, 6.07) is 5.96. The molecule has 0 amide bonds. The summed E-state index contributed by atoms with van der Waals surface area (Å²) in [6.07, 6.45) is -3.39. The van der Waals surface area contributed by atoms with E-state index in [2.05, 4.69) is 15.3 Å². The van der Waals surface area contributed by atoms with E-state index in [4.69, 9.17) is 31.5 Å². The second-order valence-corrected chi connectivity index (χ2v) is 6.08. The van der Waals surface area contributed by atoms with E-state index in [1.54, 1.807) is 18.2 Å². The average Bonchev–Trinajstić information content (AvgIpc) is 2.67. The molecule has 0 aliphatic rings. The number of benzene rings is 1. The molecule has 1 aromatic carbocycles. The number of nitrogens with zero attached hydrogens (tertiary/aromatic N) is 2. The molecule has 158 valence electrons. The van der Waals surface area contributed by atoms with Crippen LogP contribution in [0.2, 0.25) is 5.02 Å². The van der Waals surface area contributed by atoms with Gasteiger partial charge in [-0.2, -0.15) is 13.2 Å². The minimum atomic E-state index is -4.51. The fraction of sp³-hybridized carbons (Fsp3) is 0.333. The molecule has 1 heterocycles. The Morgan fingerprint density at radius 1 is 1.21 bits per heavy atom. The smallest absolute Gasteiger partial charge is 0.417 e. The van der Waals surface area contributed by atoms with E-state index in [1.807, 2.05) is 0 Å². The fourth-order valence-corrected chi connectivity index (χ4v) is 2.44. The van der Waals surface area contributed by atoms with Gasteiger partial charge in [-0.15, -0.1) is 0 Å². The van der Waals surface area contributed by atoms with Crippen LogP contribution in [0, 0.1) is 0 Å². The summed E-state index contributed by atoms with van der Waals surface area (Å²) in [7, 11) is 3.06. The van der Waals surface area contributed by atoms with Gasteiger partial charge < -0.3 is 25.3 Å². The summed E-state index contributed by atoms with van der Waals surface area (Å²) in [5.74, 6) is 1.24. The number of aromatic nitrogens is 1. The van der Waals surface area contributed by atoms with Crippen LogP contribution < -0.4 is 25.3 Å². The molecule has 0 fully saturated rings. The van der Waals surface area contributed by atoms with Gasteiger partial charge in [0.05, 0.1) is 26.4 Å². The van der Waals surface area contributed by atoms with E-state index < -0.39 is 11.7 Å². The molecular weight excluding hydrogens is 413 g/mol. The lowest BCUT2D eigenvalue weighted by Gasteiger charge is -2.11. The van der Waals surface area contributed by atoms with Crippen LogP contribution in [0.4, 0.5) is 18.9 Å². The Bertz CT molecular complexity index is 863. The molecule has 11 heteroatoms. The third-order valence-corrected chi connectivity index (χ3v) is 3.88. The number of rotatable bonds is 8. The first kappa shape index (κ1) is 22.4. The van der Waals surface area contributed by atoms with Gasteiger partial charge in [-0.3, -0.25) is 4.99 Å². The van der Waals surface area contributed by atoms with Crippen LogP contribution in [0.25, 0.3) is 0 Å². The first-order valence-corrected chi connectivity index (χ1v) is 8.77. The molecule has 29 heavy (non-hydrogen) atoms. The maximum atomic E-state index is 12.6. The summed E-state index contributed by atoms with van der Waals surface area (Å²) >= 11 is 5.77. The molecule has 1 aromatic heterocycles. The molecule has 0 aliphatic heterocycles. The van der Waals surface area contributed by atoms with Gasteiger partial charge in [0.2, 0.25) is 5.88 Å². The molecule has 0 saturated carbocycles. The van der Waals surface area contributed by atoms with E-state index in [-0.39, 0.29) is 23.5 Å².